The molecule has 4 heteroatoms. The Hall–Kier alpha value is -1.29. The minimum atomic E-state index is -0.923. The normalized spacial score (nSPS) is 23.5. The van der Waals surface area contributed by atoms with Gasteiger partial charge in [-0.1, -0.05) is 26.2 Å². The number of furan rings is 1. The Morgan fingerprint density at radius 2 is 2.21 bits per heavy atom. The number of carboxylic acid groups (broad SMARTS) is 1. The Kier molecular flexibility index (Phi) is 4.64. The highest BCUT2D eigenvalue weighted by molar-refractivity contribution is 5.88. The summed E-state index contributed by atoms with van der Waals surface area (Å²) >= 11 is 0. The van der Waals surface area contributed by atoms with Gasteiger partial charge in [0.2, 0.25) is 0 Å². The maximum atomic E-state index is 10.9. The average molecular weight is 265 g/mol. The molecule has 2 rings (SSSR count). The Morgan fingerprint density at radius 3 is 2.84 bits per heavy atom. The van der Waals surface area contributed by atoms with Crippen LogP contribution in [-0.2, 0) is 6.54 Å². The summed E-state index contributed by atoms with van der Waals surface area (Å²) in [7, 11) is 0. The number of hydrogen-bond acceptors (Lipinski definition) is 3. The highest BCUT2D eigenvalue weighted by Crippen LogP contribution is 2.28. The van der Waals surface area contributed by atoms with Crippen molar-refractivity contribution in [1.82, 2.24) is 5.32 Å². The molecule has 0 saturated heterocycles. The van der Waals surface area contributed by atoms with E-state index in [1.54, 1.807) is 13.0 Å². The topological polar surface area (TPSA) is 62.5 Å². The number of carbonyl (C=O) groups is 1. The summed E-state index contributed by atoms with van der Waals surface area (Å²) < 4.78 is 5.45. The lowest BCUT2D eigenvalue weighted by Crippen LogP contribution is -2.28. The maximum absolute atomic E-state index is 10.9. The van der Waals surface area contributed by atoms with Gasteiger partial charge in [0, 0.05) is 0 Å². The largest absolute Gasteiger partial charge is 0.478 e. The number of aromatic carboxylic acids is 1. The van der Waals surface area contributed by atoms with Gasteiger partial charge < -0.3 is 14.8 Å². The fraction of sp³-hybridized carbons (Fsp3) is 0.667. The second kappa shape index (κ2) is 6.24. The molecule has 1 aromatic rings. The van der Waals surface area contributed by atoms with E-state index in [2.05, 4.69) is 12.2 Å². The summed E-state index contributed by atoms with van der Waals surface area (Å²) in [4.78, 5) is 10.9. The highest BCUT2D eigenvalue weighted by atomic mass is 16.4. The van der Waals surface area contributed by atoms with Crippen molar-refractivity contribution in [3.05, 3.63) is 23.2 Å². The third-order valence-electron chi connectivity index (χ3n) is 4.19. The van der Waals surface area contributed by atoms with Gasteiger partial charge >= 0.3 is 5.97 Å². The molecular formula is C15H23NO3. The van der Waals surface area contributed by atoms with E-state index in [4.69, 9.17) is 9.52 Å². The fourth-order valence-electron chi connectivity index (χ4n) is 2.92. The van der Waals surface area contributed by atoms with E-state index < -0.39 is 5.97 Å². The predicted molar refractivity (Wildman–Crippen MR) is 73.2 cm³/mol. The van der Waals surface area contributed by atoms with Crippen molar-refractivity contribution in [1.29, 1.82) is 0 Å². The Bertz CT molecular complexity index is 439. The first kappa shape index (κ1) is 14.1. The molecule has 2 unspecified atom stereocenters. The summed E-state index contributed by atoms with van der Waals surface area (Å²) in [5.41, 5.74) is 0.267. The average Bonchev–Trinajstić information content (AvgIpc) is 2.73. The fourth-order valence-corrected chi connectivity index (χ4v) is 2.92. The number of nitrogens with one attached hydrogen (secondary N) is 1. The molecule has 106 valence electrons. The third kappa shape index (κ3) is 3.60. The molecule has 2 atom stereocenters. The molecule has 0 bridgehead atoms. The van der Waals surface area contributed by atoms with Gasteiger partial charge in [-0.3, -0.25) is 0 Å². The molecule has 1 saturated carbocycles. The van der Waals surface area contributed by atoms with Crippen LogP contribution in [0.25, 0.3) is 0 Å². The first-order valence-corrected chi connectivity index (χ1v) is 7.11. The molecule has 0 spiro atoms. The molecule has 1 aromatic heterocycles. The Morgan fingerprint density at radius 1 is 1.47 bits per heavy atom. The molecule has 1 aliphatic carbocycles. The lowest BCUT2D eigenvalue weighted by Gasteiger charge is -2.28. The molecule has 0 aliphatic heterocycles. The van der Waals surface area contributed by atoms with Crippen LogP contribution in [0.4, 0.5) is 0 Å². The van der Waals surface area contributed by atoms with E-state index >= 15 is 0 Å². The number of hydrogen-bond donors (Lipinski definition) is 2. The van der Waals surface area contributed by atoms with Crippen LogP contribution in [-0.4, -0.2) is 17.6 Å². The van der Waals surface area contributed by atoms with E-state index in [0.29, 0.717) is 18.1 Å². The molecule has 4 nitrogen and oxygen atoms in total. The van der Waals surface area contributed by atoms with Gasteiger partial charge in [0.15, 0.2) is 0 Å². The van der Waals surface area contributed by atoms with E-state index in [-0.39, 0.29) is 5.56 Å². The molecule has 1 heterocycles. The second-order valence-corrected chi connectivity index (χ2v) is 5.64. The molecular weight excluding hydrogens is 242 g/mol. The molecule has 2 N–H and O–H groups in total. The summed E-state index contributed by atoms with van der Waals surface area (Å²) in [6.07, 6.45) is 5.32. The van der Waals surface area contributed by atoms with Crippen molar-refractivity contribution >= 4 is 5.97 Å². The zero-order valence-electron chi connectivity index (χ0n) is 11.7. The zero-order chi connectivity index (χ0) is 13.8. The van der Waals surface area contributed by atoms with Crippen molar-refractivity contribution in [2.24, 2.45) is 11.8 Å². The van der Waals surface area contributed by atoms with Crippen LogP contribution in [0.1, 0.15) is 54.5 Å². The summed E-state index contributed by atoms with van der Waals surface area (Å²) in [5, 5.41) is 12.4. The Balaban J connectivity index is 1.82. The van der Waals surface area contributed by atoms with Crippen LogP contribution in [0.5, 0.6) is 0 Å². The number of rotatable bonds is 5. The van der Waals surface area contributed by atoms with Gasteiger partial charge in [-0.2, -0.15) is 0 Å². The SMILES string of the molecule is Cc1oc(CNCC2CCCCC2C)cc1C(=O)O. The number of aryl methyl sites for hydroxylation is 1. The summed E-state index contributed by atoms with van der Waals surface area (Å²) in [6, 6.07) is 1.62. The van der Waals surface area contributed by atoms with Crippen molar-refractivity contribution in [3.63, 3.8) is 0 Å². The van der Waals surface area contributed by atoms with Gasteiger partial charge in [-0.15, -0.1) is 0 Å². The first-order chi connectivity index (χ1) is 9.08. The van der Waals surface area contributed by atoms with E-state index in [1.807, 2.05) is 0 Å². The van der Waals surface area contributed by atoms with Crippen LogP contribution in [0.3, 0.4) is 0 Å². The van der Waals surface area contributed by atoms with Gasteiger partial charge in [0.05, 0.1) is 6.54 Å². The van der Waals surface area contributed by atoms with Crippen LogP contribution in [0, 0.1) is 18.8 Å². The van der Waals surface area contributed by atoms with Gasteiger partial charge in [-0.05, 0) is 37.8 Å². The van der Waals surface area contributed by atoms with Crippen molar-refractivity contribution < 1.29 is 14.3 Å². The molecule has 1 aliphatic rings. The smallest absolute Gasteiger partial charge is 0.339 e. The minimum Gasteiger partial charge on any atom is -0.478 e. The van der Waals surface area contributed by atoms with E-state index in [1.165, 1.54) is 25.7 Å². The molecule has 0 radical (unpaired) electrons. The minimum absolute atomic E-state index is 0.267. The maximum Gasteiger partial charge on any atom is 0.339 e. The van der Waals surface area contributed by atoms with E-state index in [9.17, 15) is 4.79 Å². The van der Waals surface area contributed by atoms with Gasteiger partial charge in [0.25, 0.3) is 0 Å². The molecule has 0 amide bonds. The van der Waals surface area contributed by atoms with Crippen molar-refractivity contribution in [3.8, 4) is 0 Å². The number of carboxylic acids is 1. The predicted octanol–water partition coefficient (Wildman–Crippen LogP) is 3.20. The second-order valence-electron chi connectivity index (χ2n) is 5.64. The van der Waals surface area contributed by atoms with Gasteiger partial charge in [0.1, 0.15) is 17.1 Å². The molecule has 19 heavy (non-hydrogen) atoms. The van der Waals surface area contributed by atoms with Crippen LogP contribution in [0.2, 0.25) is 0 Å². The van der Waals surface area contributed by atoms with Crippen molar-refractivity contribution in [2.75, 3.05) is 6.54 Å². The standard InChI is InChI=1S/C15H23NO3/c1-10-5-3-4-6-12(10)8-16-9-13-7-14(15(17)18)11(2)19-13/h7,10,12,16H,3-6,8-9H2,1-2H3,(H,17,18). The van der Waals surface area contributed by atoms with Crippen molar-refractivity contribution in [2.45, 2.75) is 46.1 Å². The zero-order valence-corrected chi connectivity index (χ0v) is 11.7. The molecule has 0 aromatic carbocycles. The lowest BCUT2D eigenvalue weighted by atomic mass is 9.80. The molecule has 1 fully saturated rings. The van der Waals surface area contributed by atoms with Crippen LogP contribution in [0.15, 0.2) is 10.5 Å². The monoisotopic (exact) mass is 265 g/mol. The highest BCUT2D eigenvalue weighted by Gasteiger charge is 2.21. The quantitative estimate of drug-likeness (QED) is 0.858. The van der Waals surface area contributed by atoms with Gasteiger partial charge in [-0.25, -0.2) is 4.79 Å². The first-order valence-electron chi connectivity index (χ1n) is 7.11. The third-order valence-corrected chi connectivity index (χ3v) is 4.19. The van der Waals surface area contributed by atoms with Crippen LogP contribution >= 0.6 is 0 Å². The summed E-state index contributed by atoms with van der Waals surface area (Å²) in [5.74, 6) is 1.79. The Labute approximate surface area is 114 Å². The van der Waals surface area contributed by atoms with E-state index in [0.717, 1.165) is 18.4 Å². The van der Waals surface area contributed by atoms with Crippen LogP contribution < -0.4 is 5.32 Å². The lowest BCUT2D eigenvalue weighted by molar-refractivity contribution is 0.0695. The summed E-state index contributed by atoms with van der Waals surface area (Å²) in [6.45, 7) is 5.61.